The molecule has 0 saturated heterocycles. The van der Waals surface area contributed by atoms with Crippen molar-refractivity contribution in [1.82, 2.24) is 0 Å². The Morgan fingerprint density at radius 3 is 1.55 bits per heavy atom. The fourth-order valence-corrected chi connectivity index (χ4v) is 1.99. The fourth-order valence-electron chi connectivity index (χ4n) is 1.70. The standard InChI is InChI=1S/C10H10O4.C6H13OP/c1-13-9(11)7-5-3-4-6-8(7)10(12)14-2;1-5(7)4-6(2,3)8/h3-6H,1-2H3;4,8H2,1-3H3. The van der Waals surface area contributed by atoms with Crippen LogP contribution in [0.1, 0.15) is 47.9 Å². The molecule has 0 saturated carbocycles. The van der Waals surface area contributed by atoms with E-state index in [9.17, 15) is 14.4 Å². The molecule has 0 aliphatic heterocycles. The summed E-state index contributed by atoms with van der Waals surface area (Å²) >= 11 is 0. The molecule has 5 nitrogen and oxygen atoms in total. The van der Waals surface area contributed by atoms with Gasteiger partial charge in [-0.15, -0.1) is 9.24 Å². The Morgan fingerprint density at radius 1 is 1.00 bits per heavy atom. The lowest BCUT2D eigenvalue weighted by Crippen LogP contribution is -2.13. The number of rotatable bonds is 4. The molecule has 0 aromatic heterocycles. The van der Waals surface area contributed by atoms with Gasteiger partial charge in [-0.05, 0) is 24.2 Å². The Labute approximate surface area is 133 Å². The highest BCUT2D eigenvalue weighted by Gasteiger charge is 2.16. The van der Waals surface area contributed by atoms with Gasteiger partial charge in [-0.1, -0.05) is 26.0 Å². The maximum atomic E-state index is 11.2. The summed E-state index contributed by atoms with van der Waals surface area (Å²) in [4.78, 5) is 32.9. The van der Waals surface area contributed by atoms with Crippen LogP contribution in [-0.4, -0.2) is 37.1 Å². The SMILES string of the molecule is CC(=O)CC(C)(C)P.COC(=O)c1ccccc1C(=O)OC. The Balaban J connectivity index is 0.000000472. The molecule has 0 aliphatic carbocycles. The largest absolute Gasteiger partial charge is 0.465 e. The lowest BCUT2D eigenvalue weighted by atomic mass is 10.1. The van der Waals surface area contributed by atoms with E-state index < -0.39 is 11.9 Å². The predicted molar refractivity (Wildman–Crippen MR) is 88.2 cm³/mol. The molecule has 0 N–H and O–H groups in total. The summed E-state index contributed by atoms with van der Waals surface area (Å²) in [7, 11) is 5.16. The van der Waals surface area contributed by atoms with Crippen LogP contribution in [0.15, 0.2) is 24.3 Å². The number of carbonyl (C=O) groups is 3. The molecule has 0 aliphatic rings. The number of Topliss-reactive ketones (excluding diaryl/α,β-unsaturated/α-hetero) is 1. The van der Waals surface area contributed by atoms with Crippen LogP contribution in [0, 0.1) is 0 Å². The van der Waals surface area contributed by atoms with Crippen LogP contribution in [-0.2, 0) is 14.3 Å². The molecule has 122 valence electrons. The number of ketones is 1. The zero-order valence-electron chi connectivity index (χ0n) is 13.6. The summed E-state index contributed by atoms with van der Waals surface area (Å²) < 4.78 is 9.05. The van der Waals surface area contributed by atoms with Crippen molar-refractivity contribution < 1.29 is 23.9 Å². The molecule has 1 aromatic carbocycles. The Bertz CT molecular complexity index is 497. The van der Waals surface area contributed by atoms with Crippen molar-refractivity contribution in [3.05, 3.63) is 35.4 Å². The van der Waals surface area contributed by atoms with Gasteiger partial charge in [-0.3, -0.25) is 4.79 Å². The van der Waals surface area contributed by atoms with Gasteiger partial charge in [0.15, 0.2) is 0 Å². The van der Waals surface area contributed by atoms with Gasteiger partial charge in [0.1, 0.15) is 5.78 Å². The number of hydrogen-bond acceptors (Lipinski definition) is 5. The normalized spacial score (nSPS) is 10.1. The van der Waals surface area contributed by atoms with Crippen molar-refractivity contribution in [2.45, 2.75) is 32.3 Å². The van der Waals surface area contributed by atoms with E-state index >= 15 is 0 Å². The van der Waals surface area contributed by atoms with Gasteiger partial charge in [0.05, 0.1) is 25.3 Å². The Kier molecular flexibility index (Phi) is 8.58. The van der Waals surface area contributed by atoms with E-state index in [1.165, 1.54) is 26.4 Å². The maximum absolute atomic E-state index is 11.2. The molecular formula is C16H23O5P. The van der Waals surface area contributed by atoms with E-state index in [4.69, 9.17) is 0 Å². The minimum absolute atomic E-state index is 0.0891. The number of benzene rings is 1. The van der Waals surface area contributed by atoms with Crippen molar-refractivity contribution in [3.63, 3.8) is 0 Å². The highest BCUT2D eigenvalue weighted by atomic mass is 31.0. The van der Waals surface area contributed by atoms with Gasteiger partial charge in [-0.2, -0.15) is 0 Å². The van der Waals surface area contributed by atoms with Gasteiger partial charge in [0.2, 0.25) is 0 Å². The van der Waals surface area contributed by atoms with Gasteiger partial charge in [0, 0.05) is 6.42 Å². The highest BCUT2D eigenvalue weighted by molar-refractivity contribution is 7.18. The molecule has 6 heteroatoms. The van der Waals surface area contributed by atoms with Crippen LogP contribution in [0.2, 0.25) is 0 Å². The van der Waals surface area contributed by atoms with Gasteiger partial charge >= 0.3 is 11.9 Å². The lowest BCUT2D eigenvalue weighted by Gasteiger charge is -2.14. The third-order valence-electron chi connectivity index (χ3n) is 2.44. The molecule has 1 unspecified atom stereocenters. The topological polar surface area (TPSA) is 69.7 Å². The summed E-state index contributed by atoms with van der Waals surface area (Å²) in [6.45, 7) is 5.67. The third-order valence-corrected chi connectivity index (χ3v) is 2.65. The van der Waals surface area contributed by atoms with E-state index in [2.05, 4.69) is 18.7 Å². The molecular weight excluding hydrogens is 303 g/mol. The number of esters is 2. The Morgan fingerprint density at radius 2 is 1.36 bits per heavy atom. The lowest BCUT2D eigenvalue weighted by molar-refractivity contribution is -0.117. The first-order valence-corrected chi connectivity index (χ1v) is 7.24. The fraction of sp³-hybridized carbons (Fsp3) is 0.438. The zero-order valence-corrected chi connectivity index (χ0v) is 14.8. The van der Waals surface area contributed by atoms with Crippen LogP contribution >= 0.6 is 9.24 Å². The second-order valence-electron chi connectivity index (χ2n) is 5.40. The summed E-state index contributed by atoms with van der Waals surface area (Å²) in [6, 6.07) is 6.33. The molecule has 22 heavy (non-hydrogen) atoms. The average Bonchev–Trinajstić information content (AvgIpc) is 2.43. The summed E-state index contributed by atoms with van der Waals surface area (Å²) in [6.07, 6.45) is 0.650. The van der Waals surface area contributed by atoms with Crippen LogP contribution in [0.4, 0.5) is 0 Å². The van der Waals surface area contributed by atoms with Gasteiger partial charge in [-0.25, -0.2) is 9.59 Å². The predicted octanol–water partition coefficient (Wildman–Crippen LogP) is 2.88. The van der Waals surface area contributed by atoms with Crippen LogP contribution < -0.4 is 0 Å². The third kappa shape index (κ3) is 7.89. The number of methoxy groups -OCH3 is 2. The summed E-state index contributed by atoms with van der Waals surface area (Å²) in [5, 5.41) is 0.0891. The smallest absolute Gasteiger partial charge is 0.338 e. The molecule has 0 bridgehead atoms. The van der Waals surface area contributed by atoms with Crippen molar-refractivity contribution in [1.29, 1.82) is 0 Å². The van der Waals surface area contributed by atoms with Gasteiger partial charge in [0.25, 0.3) is 0 Å². The van der Waals surface area contributed by atoms with Crippen molar-refractivity contribution in [3.8, 4) is 0 Å². The van der Waals surface area contributed by atoms with Crippen molar-refractivity contribution in [2.24, 2.45) is 0 Å². The second kappa shape index (κ2) is 9.31. The first-order chi connectivity index (χ1) is 10.1. The first-order valence-electron chi connectivity index (χ1n) is 6.66. The van der Waals surface area contributed by atoms with Crippen LogP contribution in [0.3, 0.4) is 0 Å². The molecule has 0 spiro atoms. The minimum atomic E-state index is -0.550. The minimum Gasteiger partial charge on any atom is -0.465 e. The molecule has 0 heterocycles. The maximum Gasteiger partial charge on any atom is 0.338 e. The molecule has 0 fully saturated rings. The van der Waals surface area contributed by atoms with Gasteiger partial charge < -0.3 is 9.47 Å². The summed E-state index contributed by atoms with van der Waals surface area (Å²) in [5.41, 5.74) is 0.420. The van der Waals surface area contributed by atoms with Crippen molar-refractivity contribution >= 4 is 27.0 Å². The molecule has 0 amide bonds. The van der Waals surface area contributed by atoms with E-state index in [1.54, 1.807) is 19.1 Å². The van der Waals surface area contributed by atoms with E-state index in [1.807, 2.05) is 13.8 Å². The number of carbonyl (C=O) groups excluding carboxylic acids is 3. The number of ether oxygens (including phenoxy) is 2. The molecule has 1 rings (SSSR count). The second-order valence-corrected chi connectivity index (χ2v) is 6.96. The zero-order chi connectivity index (χ0) is 17.3. The monoisotopic (exact) mass is 326 g/mol. The molecule has 1 atom stereocenters. The molecule has 1 aromatic rings. The van der Waals surface area contributed by atoms with E-state index in [0.717, 1.165) is 0 Å². The first kappa shape index (κ1) is 20.3. The van der Waals surface area contributed by atoms with Crippen molar-refractivity contribution in [2.75, 3.05) is 14.2 Å². The average molecular weight is 326 g/mol. The highest BCUT2D eigenvalue weighted by Crippen LogP contribution is 2.20. The molecule has 0 radical (unpaired) electrons. The van der Waals surface area contributed by atoms with Crippen LogP contribution in [0.25, 0.3) is 0 Å². The summed E-state index contributed by atoms with van der Waals surface area (Å²) in [5.74, 6) is -0.845. The number of hydrogen-bond donors (Lipinski definition) is 0. The van der Waals surface area contributed by atoms with Crippen LogP contribution in [0.5, 0.6) is 0 Å². The van der Waals surface area contributed by atoms with E-state index in [0.29, 0.717) is 6.42 Å². The quantitative estimate of drug-likeness (QED) is 0.628. The Hall–Kier alpha value is -1.74. The van der Waals surface area contributed by atoms with E-state index in [-0.39, 0.29) is 22.1 Å².